The summed E-state index contributed by atoms with van der Waals surface area (Å²) in [7, 11) is 0. The summed E-state index contributed by atoms with van der Waals surface area (Å²) >= 11 is 0. The molecule has 0 radical (unpaired) electrons. The second-order valence-corrected chi connectivity index (χ2v) is 2.19. The molecule has 0 aromatic carbocycles. The monoisotopic (exact) mass is 150 g/mol. The van der Waals surface area contributed by atoms with E-state index in [0.717, 1.165) is 5.52 Å². The van der Waals surface area contributed by atoms with E-state index in [1.165, 1.54) is 4.63 Å². The minimum atomic E-state index is -0.512. The Labute approximate surface area is 61.8 Å². The molecular weight excluding hydrogens is 144 g/mol. The van der Waals surface area contributed by atoms with Gasteiger partial charge in [-0.3, -0.25) is 9.89 Å². The number of amides is 1. The first-order chi connectivity index (χ1) is 5.27. The van der Waals surface area contributed by atoms with Gasteiger partial charge in [0, 0.05) is 6.20 Å². The molecule has 0 fully saturated rings. The first kappa shape index (κ1) is 5.96. The lowest BCUT2D eigenvalue weighted by atomic mass is 10.4. The number of hydrogen-bond acceptors (Lipinski definition) is 2. The number of carbonyl (C=O) groups is 1. The molecule has 2 heterocycles. The van der Waals surface area contributed by atoms with Crippen molar-refractivity contribution in [3.63, 3.8) is 0 Å². The van der Waals surface area contributed by atoms with Crippen molar-refractivity contribution < 1.29 is 4.79 Å². The first-order valence-electron chi connectivity index (χ1n) is 3.10. The molecule has 0 bridgehead atoms. The Balaban J connectivity index is 2.67. The molecule has 0 saturated carbocycles. The molecule has 11 heavy (non-hydrogen) atoms. The van der Waals surface area contributed by atoms with Crippen LogP contribution < -0.4 is 5.73 Å². The van der Waals surface area contributed by atoms with Gasteiger partial charge in [0.1, 0.15) is 0 Å². The number of hydrogen-bond donors (Lipinski definition) is 2. The highest BCUT2D eigenvalue weighted by atomic mass is 16.1. The Kier molecular flexibility index (Phi) is 1.00. The maximum Gasteiger partial charge on any atom is 0.269 e. The molecule has 2 rings (SSSR count). The summed E-state index contributed by atoms with van der Waals surface area (Å²) in [6.45, 7) is 0. The van der Waals surface area contributed by atoms with Crippen molar-refractivity contribution in [3.05, 3.63) is 24.0 Å². The van der Waals surface area contributed by atoms with Gasteiger partial charge in [-0.2, -0.15) is 4.63 Å². The topological polar surface area (TPSA) is 76.2 Å². The maximum atomic E-state index is 10.6. The highest BCUT2D eigenvalue weighted by Crippen LogP contribution is 2.02. The second-order valence-electron chi connectivity index (χ2n) is 2.19. The van der Waals surface area contributed by atoms with Crippen LogP contribution in [0.4, 0.5) is 0 Å². The number of aromatic amines is 1. The van der Waals surface area contributed by atoms with Gasteiger partial charge in [-0.25, -0.2) is 0 Å². The Morgan fingerprint density at radius 1 is 1.73 bits per heavy atom. The molecule has 0 aliphatic carbocycles. The molecule has 2 aromatic heterocycles. The summed E-state index contributed by atoms with van der Waals surface area (Å²) in [5, 5.41) is 6.65. The van der Waals surface area contributed by atoms with Gasteiger partial charge < -0.3 is 5.73 Å². The number of carbonyl (C=O) groups excluding carboxylic acids is 1. The third-order valence-electron chi connectivity index (χ3n) is 1.44. The lowest BCUT2D eigenvalue weighted by Gasteiger charge is -1.81. The number of nitrogens with zero attached hydrogens (tertiary/aromatic N) is 2. The van der Waals surface area contributed by atoms with Gasteiger partial charge in [0.15, 0.2) is 5.69 Å². The lowest BCUT2D eigenvalue weighted by Crippen LogP contribution is -2.11. The minimum absolute atomic E-state index is 0.275. The largest absolute Gasteiger partial charge is 0.364 e. The van der Waals surface area contributed by atoms with Crippen LogP contribution in [0.5, 0.6) is 0 Å². The van der Waals surface area contributed by atoms with Crippen molar-refractivity contribution in [2.75, 3.05) is 0 Å². The smallest absolute Gasteiger partial charge is 0.269 e. The number of H-pyrrole nitrogens is 1. The van der Waals surface area contributed by atoms with Crippen LogP contribution in [0, 0.1) is 0 Å². The predicted octanol–water partition coefficient (Wildman–Crippen LogP) is -0.239. The minimum Gasteiger partial charge on any atom is -0.364 e. The number of nitrogens with two attached hydrogens (primary N) is 1. The van der Waals surface area contributed by atoms with Gasteiger partial charge in [0.05, 0.1) is 5.52 Å². The zero-order chi connectivity index (χ0) is 7.84. The van der Waals surface area contributed by atoms with Crippen molar-refractivity contribution >= 4 is 11.4 Å². The van der Waals surface area contributed by atoms with Crippen LogP contribution in [0.3, 0.4) is 0 Å². The van der Waals surface area contributed by atoms with E-state index in [0.29, 0.717) is 0 Å². The molecule has 5 heteroatoms. The molecule has 3 N–H and O–H groups in total. The molecule has 0 atom stereocenters. The summed E-state index contributed by atoms with van der Waals surface area (Å²) in [5.74, 6) is -0.512. The normalized spacial score (nSPS) is 10.5. The third-order valence-corrected chi connectivity index (χ3v) is 1.44. The predicted molar refractivity (Wildman–Crippen MR) is 38.1 cm³/mol. The molecule has 0 aliphatic rings. The van der Waals surface area contributed by atoms with Crippen molar-refractivity contribution in [1.29, 1.82) is 0 Å². The average Bonchev–Trinajstić information content (AvgIpc) is 2.40. The van der Waals surface area contributed by atoms with Crippen LogP contribution in [-0.4, -0.2) is 20.7 Å². The lowest BCUT2D eigenvalue weighted by molar-refractivity contribution is 0.0995. The summed E-state index contributed by atoms with van der Waals surface area (Å²) in [6.07, 6.45) is 1.73. The van der Waals surface area contributed by atoms with E-state index in [1.807, 2.05) is 0 Å². The number of fused-ring (bicyclic) bond motifs is 1. The van der Waals surface area contributed by atoms with Gasteiger partial charge in [-0.1, -0.05) is 0 Å². The van der Waals surface area contributed by atoms with Crippen LogP contribution in [-0.2, 0) is 0 Å². The zero-order valence-electron chi connectivity index (χ0n) is 5.61. The molecule has 0 saturated heterocycles. The molecule has 5 nitrogen and oxygen atoms in total. The second kappa shape index (κ2) is 1.85. The van der Waals surface area contributed by atoms with Crippen LogP contribution in [0.1, 0.15) is 10.5 Å². The number of nitrogens with one attached hydrogen (secondary N) is 1. The summed E-state index contributed by atoms with van der Waals surface area (Å²) < 4.78 is 1.49. The van der Waals surface area contributed by atoms with E-state index < -0.39 is 5.91 Å². The summed E-state index contributed by atoms with van der Waals surface area (Å²) in [4.78, 5) is 10.6. The molecule has 0 unspecified atom stereocenters. The molecule has 0 spiro atoms. The Morgan fingerprint density at radius 2 is 2.55 bits per heavy atom. The van der Waals surface area contributed by atoms with E-state index in [2.05, 4.69) is 10.2 Å². The van der Waals surface area contributed by atoms with E-state index in [9.17, 15) is 4.79 Å². The van der Waals surface area contributed by atoms with E-state index in [-0.39, 0.29) is 5.69 Å². The highest BCUT2D eigenvalue weighted by Gasteiger charge is 2.05. The van der Waals surface area contributed by atoms with Crippen LogP contribution in [0.25, 0.3) is 5.52 Å². The van der Waals surface area contributed by atoms with Gasteiger partial charge in [-0.05, 0) is 12.1 Å². The van der Waals surface area contributed by atoms with Gasteiger partial charge in [-0.15, -0.1) is 5.10 Å². The SMILES string of the molecule is NC(=O)c1cc2cc[nH]n2n1. The Bertz CT molecular complexity index is 371. The quantitative estimate of drug-likeness (QED) is 0.588. The number of rotatable bonds is 1. The average molecular weight is 150 g/mol. The fraction of sp³-hybridized carbons (Fsp3) is 0. The molecule has 56 valence electrons. The number of aromatic nitrogens is 3. The van der Waals surface area contributed by atoms with Crippen molar-refractivity contribution in [1.82, 2.24) is 14.8 Å². The Hall–Kier alpha value is -1.78. The highest BCUT2D eigenvalue weighted by molar-refractivity contribution is 5.92. The van der Waals surface area contributed by atoms with Crippen LogP contribution >= 0.6 is 0 Å². The van der Waals surface area contributed by atoms with Crippen LogP contribution in [0.15, 0.2) is 18.3 Å². The van der Waals surface area contributed by atoms with E-state index >= 15 is 0 Å². The number of primary amides is 1. The fourth-order valence-corrected chi connectivity index (χ4v) is 0.931. The molecule has 1 amide bonds. The van der Waals surface area contributed by atoms with E-state index in [4.69, 9.17) is 5.73 Å². The van der Waals surface area contributed by atoms with E-state index in [1.54, 1.807) is 18.3 Å². The first-order valence-corrected chi connectivity index (χ1v) is 3.10. The van der Waals surface area contributed by atoms with Crippen LogP contribution in [0.2, 0.25) is 0 Å². The Morgan fingerprint density at radius 3 is 3.18 bits per heavy atom. The summed E-state index contributed by atoms with van der Waals surface area (Å²) in [5.41, 5.74) is 6.12. The molecular formula is C6H6N4O. The molecule has 0 aliphatic heterocycles. The standard InChI is InChI=1S/C6H6N4O/c7-6(11)5-3-4-1-2-8-10(4)9-5/h1-3,8H,(H2,7,11). The fourth-order valence-electron chi connectivity index (χ4n) is 0.931. The zero-order valence-corrected chi connectivity index (χ0v) is 5.61. The van der Waals surface area contributed by atoms with Crippen molar-refractivity contribution in [2.45, 2.75) is 0 Å². The summed E-state index contributed by atoms with van der Waals surface area (Å²) in [6, 6.07) is 3.43. The van der Waals surface area contributed by atoms with Gasteiger partial charge >= 0.3 is 0 Å². The van der Waals surface area contributed by atoms with Crippen molar-refractivity contribution in [2.24, 2.45) is 5.73 Å². The van der Waals surface area contributed by atoms with Crippen molar-refractivity contribution in [3.8, 4) is 0 Å². The third kappa shape index (κ3) is 0.778. The van der Waals surface area contributed by atoms with Gasteiger partial charge in [0.25, 0.3) is 5.91 Å². The molecule has 2 aromatic rings. The maximum absolute atomic E-state index is 10.6. The van der Waals surface area contributed by atoms with Gasteiger partial charge in [0.2, 0.25) is 0 Å².